The highest BCUT2D eigenvalue weighted by Gasteiger charge is 2.25. The average Bonchev–Trinajstić information content (AvgIpc) is 2.88. The van der Waals surface area contributed by atoms with Crippen molar-refractivity contribution in [1.29, 1.82) is 0 Å². The molecular formula is C15H20ClNO3. The maximum absolute atomic E-state index is 12.2. The summed E-state index contributed by atoms with van der Waals surface area (Å²) in [5.41, 5.74) is 4.25. The number of aryl methyl sites for hydroxylation is 3. The standard InChI is InChI=1S/C15H20ClNO3/c1-10-4-11(2)15(12(3)5-10)17(14(18)6-16)7-13-8-19-9-20-13/h4-5,13H,6-9H2,1-3H3. The molecule has 0 aromatic heterocycles. The van der Waals surface area contributed by atoms with Gasteiger partial charge in [-0.2, -0.15) is 0 Å². The molecule has 1 aromatic rings. The summed E-state index contributed by atoms with van der Waals surface area (Å²) in [5.74, 6) is -0.155. The summed E-state index contributed by atoms with van der Waals surface area (Å²) in [6, 6.07) is 4.14. The molecule has 1 aromatic carbocycles. The van der Waals surface area contributed by atoms with E-state index < -0.39 is 0 Å². The Balaban J connectivity index is 2.33. The third-order valence-corrected chi connectivity index (χ3v) is 3.63. The second-order valence-corrected chi connectivity index (χ2v) is 5.43. The summed E-state index contributed by atoms with van der Waals surface area (Å²) in [6.45, 7) is 7.34. The van der Waals surface area contributed by atoms with Gasteiger partial charge in [0.25, 0.3) is 0 Å². The monoisotopic (exact) mass is 297 g/mol. The van der Waals surface area contributed by atoms with Crippen molar-refractivity contribution in [2.24, 2.45) is 0 Å². The zero-order valence-electron chi connectivity index (χ0n) is 12.1. The number of nitrogens with zero attached hydrogens (tertiary/aromatic N) is 1. The van der Waals surface area contributed by atoms with E-state index in [1.807, 2.05) is 20.8 Å². The minimum Gasteiger partial charge on any atom is -0.353 e. The van der Waals surface area contributed by atoms with Gasteiger partial charge in [0.2, 0.25) is 5.91 Å². The predicted octanol–water partition coefficient (Wildman–Crippen LogP) is 2.56. The number of carbonyl (C=O) groups is 1. The van der Waals surface area contributed by atoms with Gasteiger partial charge in [-0.15, -0.1) is 11.6 Å². The van der Waals surface area contributed by atoms with E-state index in [4.69, 9.17) is 21.1 Å². The molecule has 0 aliphatic carbocycles. The average molecular weight is 298 g/mol. The highest BCUT2D eigenvalue weighted by molar-refractivity contribution is 6.29. The predicted molar refractivity (Wildman–Crippen MR) is 79.4 cm³/mol. The summed E-state index contributed by atoms with van der Waals surface area (Å²) in [5, 5.41) is 0. The summed E-state index contributed by atoms with van der Waals surface area (Å²) in [6.07, 6.45) is -0.0951. The Morgan fingerprint density at radius 3 is 2.50 bits per heavy atom. The molecule has 1 atom stereocenters. The van der Waals surface area contributed by atoms with Crippen LogP contribution in [0.5, 0.6) is 0 Å². The fourth-order valence-corrected chi connectivity index (χ4v) is 2.81. The first kappa shape index (κ1) is 15.3. The lowest BCUT2D eigenvalue weighted by molar-refractivity contribution is -0.116. The lowest BCUT2D eigenvalue weighted by Crippen LogP contribution is -2.40. The van der Waals surface area contributed by atoms with Crippen LogP contribution in [0.3, 0.4) is 0 Å². The van der Waals surface area contributed by atoms with Crippen LogP contribution in [0.1, 0.15) is 16.7 Å². The molecule has 0 saturated carbocycles. The Morgan fingerprint density at radius 2 is 2.00 bits per heavy atom. The third kappa shape index (κ3) is 3.32. The van der Waals surface area contributed by atoms with Crippen LogP contribution in [0.25, 0.3) is 0 Å². The minimum atomic E-state index is -0.114. The third-order valence-electron chi connectivity index (χ3n) is 3.40. The smallest absolute Gasteiger partial charge is 0.242 e. The highest BCUT2D eigenvalue weighted by atomic mass is 35.5. The van der Waals surface area contributed by atoms with Crippen molar-refractivity contribution in [3.8, 4) is 0 Å². The normalized spacial score (nSPS) is 18.3. The van der Waals surface area contributed by atoms with E-state index in [1.165, 1.54) is 5.56 Å². The van der Waals surface area contributed by atoms with Gasteiger partial charge >= 0.3 is 0 Å². The van der Waals surface area contributed by atoms with E-state index >= 15 is 0 Å². The van der Waals surface area contributed by atoms with Crippen molar-refractivity contribution in [2.75, 3.05) is 30.7 Å². The SMILES string of the molecule is Cc1cc(C)c(N(CC2COCO2)C(=O)CCl)c(C)c1. The minimum absolute atomic E-state index is 0.0413. The van der Waals surface area contributed by atoms with Crippen molar-refractivity contribution >= 4 is 23.2 Å². The van der Waals surface area contributed by atoms with Crippen LogP contribution in [-0.2, 0) is 14.3 Å². The topological polar surface area (TPSA) is 38.8 Å². The Bertz CT molecular complexity index is 475. The lowest BCUT2D eigenvalue weighted by Gasteiger charge is -2.27. The summed E-state index contributed by atoms with van der Waals surface area (Å²) < 4.78 is 10.6. The molecule has 1 aliphatic heterocycles. The van der Waals surface area contributed by atoms with E-state index in [9.17, 15) is 4.79 Å². The maximum atomic E-state index is 12.2. The summed E-state index contributed by atoms with van der Waals surface area (Å²) >= 11 is 5.75. The number of alkyl halides is 1. The molecule has 1 aliphatic rings. The molecular weight excluding hydrogens is 278 g/mol. The number of rotatable bonds is 4. The van der Waals surface area contributed by atoms with Crippen LogP contribution in [0.15, 0.2) is 12.1 Å². The first-order valence-electron chi connectivity index (χ1n) is 6.66. The van der Waals surface area contributed by atoms with Crippen molar-refractivity contribution in [3.05, 3.63) is 28.8 Å². The molecule has 0 bridgehead atoms. The van der Waals surface area contributed by atoms with Crippen LogP contribution in [0.4, 0.5) is 5.69 Å². The Morgan fingerprint density at radius 1 is 1.35 bits per heavy atom. The van der Waals surface area contributed by atoms with Gasteiger partial charge in [0.15, 0.2) is 0 Å². The van der Waals surface area contributed by atoms with Gasteiger partial charge in [-0.3, -0.25) is 4.79 Å². The Labute approximate surface area is 124 Å². The van der Waals surface area contributed by atoms with Gasteiger partial charge in [0, 0.05) is 5.69 Å². The Kier molecular flexibility index (Phi) is 5.02. The molecule has 1 saturated heterocycles. The number of hydrogen-bond donors (Lipinski definition) is 0. The van der Waals surface area contributed by atoms with Gasteiger partial charge in [-0.05, 0) is 31.9 Å². The van der Waals surface area contributed by atoms with Crippen molar-refractivity contribution in [1.82, 2.24) is 0 Å². The van der Waals surface area contributed by atoms with E-state index in [-0.39, 0.29) is 17.9 Å². The van der Waals surface area contributed by atoms with E-state index in [0.717, 1.165) is 16.8 Å². The molecule has 0 N–H and O–H groups in total. The fourth-order valence-electron chi connectivity index (χ4n) is 2.67. The van der Waals surface area contributed by atoms with Crippen LogP contribution in [0.2, 0.25) is 0 Å². The number of amides is 1. The Hall–Kier alpha value is -1.10. The molecule has 20 heavy (non-hydrogen) atoms. The van der Waals surface area contributed by atoms with Crippen molar-refractivity contribution in [3.63, 3.8) is 0 Å². The molecule has 4 nitrogen and oxygen atoms in total. The largest absolute Gasteiger partial charge is 0.353 e. The molecule has 1 unspecified atom stereocenters. The quantitative estimate of drug-likeness (QED) is 0.802. The molecule has 1 amide bonds. The first-order valence-corrected chi connectivity index (χ1v) is 7.20. The second kappa shape index (κ2) is 6.57. The first-order chi connectivity index (χ1) is 9.52. The van der Waals surface area contributed by atoms with Crippen LogP contribution in [0, 0.1) is 20.8 Å². The van der Waals surface area contributed by atoms with Gasteiger partial charge in [-0.1, -0.05) is 17.7 Å². The van der Waals surface area contributed by atoms with E-state index in [0.29, 0.717) is 19.9 Å². The number of anilines is 1. The van der Waals surface area contributed by atoms with Gasteiger partial charge < -0.3 is 14.4 Å². The van der Waals surface area contributed by atoms with E-state index in [2.05, 4.69) is 12.1 Å². The number of benzene rings is 1. The van der Waals surface area contributed by atoms with Gasteiger partial charge in [0.1, 0.15) is 18.8 Å². The van der Waals surface area contributed by atoms with Gasteiger partial charge in [0.05, 0.1) is 13.2 Å². The maximum Gasteiger partial charge on any atom is 0.242 e. The molecule has 1 heterocycles. The molecule has 2 rings (SSSR count). The summed E-state index contributed by atoms with van der Waals surface area (Å²) in [4.78, 5) is 13.9. The molecule has 5 heteroatoms. The highest BCUT2D eigenvalue weighted by Crippen LogP contribution is 2.27. The van der Waals surface area contributed by atoms with E-state index in [1.54, 1.807) is 4.90 Å². The van der Waals surface area contributed by atoms with Gasteiger partial charge in [-0.25, -0.2) is 0 Å². The number of halogens is 1. The molecule has 110 valence electrons. The molecule has 0 radical (unpaired) electrons. The van der Waals surface area contributed by atoms with Crippen LogP contribution >= 0.6 is 11.6 Å². The molecule has 1 fully saturated rings. The van der Waals surface area contributed by atoms with Crippen LogP contribution in [-0.4, -0.2) is 37.8 Å². The zero-order valence-corrected chi connectivity index (χ0v) is 12.9. The van der Waals surface area contributed by atoms with Crippen molar-refractivity contribution < 1.29 is 14.3 Å². The summed E-state index contributed by atoms with van der Waals surface area (Å²) in [7, 11) is 0. The van der Waals surface area contributed by atoms with Crippen molar-refractivity contribution in [2.45, 2.75) is 26.9 Å². The number of carbonyl (C=O) groups excluding carboxylic acids is 1. The molecule has 0 spiro atoms. The van der Waals surface area contributed by atoms with Crippen LogP contribution < -0.4 is 4.90 Å². The number of hydrogen-bond acceptors (Lipinski definition) is 3. The second-order valence-electron chi connectivity index (χ2n) is 5.16. The number of ether oxygens (including phenoxy) is 2. The zero-order chi connectivity index (χ0) is 14.7. The lowest BCUT2D eigenvalue weighted by atomic mass is 10.0. The fraction of sp³-hybridized carbons (Fsp3) is 0.533.